The molecular formula is C16H20BrNO6. The fourth-order valence-electron chi connectivity index (χ4n) is 1.89. The predicted molar refractivity (Wildman–Crippen MR) is 89.3 cm³/mol. The average Bonchev–Trinajstić information content (AvgIpc) is 2.50. The molecule has 0 aromatic heterocycles. The highest BCUT2D eigenvalue weighted by Gasteiger charge is 2.20. The van der Waals surface area contributed by atoms with Crippen LogP contribution in [0.25, 0.3) is 0 Å². The normalized spacial score (nSPS) is 12.8. The first-order valence-electron chi connectivity index (χ1n) is 7.43. The molecule has 0 saturated carbocycles. The molecule has 0 saturated heterocycles. The van der Waals surface area contributed by atoms with Crippen molar-refractivity contribution < 1.29 is 29.0 Å². The van der Waals surface area contributed by atoms with Gasteiger partial charge in [-0.05, 0) is 24.1 Å². The zero-order valence-electron chi connectivity index (χ0n) is 13.5. The largest absolute Gasteiger partial charge is 0.481 e. The SMILES string of the molecule is CCC(=O)O[C@H](C)OC(=O)NC[C@H](Cc1cccc(Br)c1)C(=O)O. The van der Waals surface area contributed by atoms with E-state index in [-0.39, 0.29) is 19.4 Å². The van der Waals surface area contributed by atoms with E-state index in [4.69, 9.17) is 9.47 Å². The third-order valence-corrected chi connectivity index (χ3v) is 3.57. The molecule has 2 N–H and O–H groups in total. The van der Waals surface area contributed by atoms with Gasteiger partial charge in [0, 0.05) is 24.4 Å². The maximum absolute atomic E-state index is 11.6. The Balaban J connectivity index is 2.50. The molecule has 7 nitrogen and oxygen atoms in total. The van der Waals surface area contributed by atoms with Gasteiger partial charge in [0.25, 0.3) is 0 Å². The van der Waals surface area contributed by atoms with E-state index in [2.05, 4.69) is 21.2 Å². The lowest BCUT2D eigenvalue weighted by atomic mass is 9.99. The van der Waals surface area contributed by atoms with Crippen molar-refractivity contribution in [3.63, 3.8) is 0 Å². The van der Waals surface area contributed by atoms with E-state index >= 15 is 0 Å². The van der Waals surface area contributed by atoms with E-state index in [9.17, 15) is 19.5 Å². The molecule has 1 aromatic carbocycles. The van der Waals surface area contributed by atoms with E-state index in [1.807, 2.05) is 24.3 Å². The summed E-state index contributed by atoms with van der Waals surface area (Å²) < 4.78 is 10.5. The fraction of sp³-hybridized carbons (Fsp3) is 0.438. The Labute approximate surface area is 148 Å². The molecule has 2 atom stereocenters. The molecule has 0 aliphatic rings. The minimum Gasteiger partial charge on any atom is -0.481 e. The van der Waals surface area contributed by atoms with Crippen molar-refractivity contribution >= 4 is 34.0 Å². The number of carbonyl (C=O) groups excluding carboxylic acids is 2. The topological polar surface area (TPSA) is 102 Å². The molecule has 0 bridgehead atoms. The van der Waals surface area contributed by atoms with E-state index in [0.29, 0.717) is 0 Å². The highest BCUT2D eigenvalue weighted by Crippen LogP contribution is 2.15. The van der Waals surface area contributed by atoms with Gasteiger partial charge in [-0.3, -0.25) is 9.59 Å². The summed E-state index contributed by atoms with van der Waals surface area (Å²) in [7, 11) is 0. The Morgan fingerprint density at radius 3 is 2.58 bits per heavy atom. The van der Waals surface area contributed by atoms with Gasteiger partial charge in [0.05, 0.1) is 5.92 Å². The van der Waals surface area contributed by atoms with E-state index in [1.54, 1.807) is 6.92 Å². The molecule has 132 valence electrons. The monoisotopic (exact) mass is 401 g/mol. The number of nitrogens with one attached hydrogen (secondary N) is 1. The van der Waals surface area contributed by atoms with Crippen LogP contribution in [0.4, 0.5) is 4.79 Å². The zero-order valence-corrected chi connectivity index (χ0v) is 15.0. The van der Waals surface area contributed by atoms with E-state index in [1.165, 1.54) is 6.92 Å². The smallest absolute Gasteiger partial charge is 0.410 e. The molecular weight excluding hydrogens is 382 g/mol. The zero-order chi connectivity index (χ0) is 18.1. The quantitative estimate of drug-likeness (QED) is 0.512. The van der Waals surface area contributed by atoms with Gasteiger partial charge < -0.3 is 19.9 Å². The molecule has 0 unspecified atom stereocenters. The van der Waals surface area contributed by atoms with Gasteiger partial charge in [0.15, 0.2) is 0 Å². The van der Waals surface area contributed by atoms with Crippen molar-refractivity contribution in [3.8, 4) is 0 Å². The number of hydrogen-bond acceptors (Lipinski definition) is 5. The summed E-state index contributed by atoms with van der Waals surface area (Å²) in [5, 5.41) is 11.7. The Hall–Kier alpha value is -2.09. The van der Waals surface area contributed by atoms with Crippen molar-refractivity contribution in [1.29, 1.82) is 0 Å². The second-order valence-corrected chi connectivity index (χ2v) is 5.98. The van der Waals surface area contributed by atoms with Crippen LogP contribution in [0.5, 0.6) is 0 Å². The summed E-state index contributed by atoms with van der Waals surface area (Å²) in [6.07, 6.45) is -1.45. The number of ether oxygens (including phenoxy) is 2. The Morgan fingerprint density at radius 2 is 2.00 bits per heavy atom. The number of carbonyl (C=O) groups is 3. The number of aliphatic carboxylic acids is 1. The number of benzene rings is 1. The lowest BCUT2D eigenvalue weighted by Crippen LogP contribution is -2.36. The van der Waals surface area contributed by atoms with Crippen LogP contribution in [0, 0.1) is 5.92 Å². The van der Waals surface area contributed by atoms with Crippen LogP contribution in [0.1, 0.15) is 25.8 Å². The van der Waals surface area contributed by atoms with Gasteiger partial charge in [0.2, 0.25) is 6.29 Å². The summed E-state index contributed by atoms with van der Waals surface area (Å²) in [6.45, 7) is 2.92. The predicted octanol–water partition coefficient (Wildman–Crippen LogP) is 2.72. The molecule has 0 heterocycles. The number of amides is 1. The number of esters is 1. The molecule has 0 aliphatic carbocycles. The van der Waals surface area contributed by atoms with Crippen molar-refractivity contribution in [2.75, 3.05) is 6.54 Å². The highest BCUT2D eigenvalue weighted by molar-refractivity contribution is 9.10. The van der Waals surface area contributed by atoms with Gasteiger partial charge in [0.1, 0.15) is 0 Å². The van der Waals surface area contributed by atoms with Crippen LogP contribution in [0.2, 0.25) is 0 Å². The number of carboxylic acid groups (broad SMARTS) is 1. The lowest BCUT2D eigenvalue weighted by Gasteiger charge is -2.16. The van der Waals surface area contributed by atoms with Gasteiger partial charge in [-0.1, -0.05) is 35.0 Å². The molecule has 1 amide bonds. The van der Waals surface area contributed by atoms with Gasteiger partial charge >= 0.3 is 18.0 Å². The second kappa shape index (κ2) is 9.92. The number of carboxylic acids is 1. The molecule has 24 heavy (non-hydrogen) atoms. The average molecular weight is 402 g/mol. The van der Waals surface area contributed by atoms with Crippen LogP contribution in [0.15, 0.2) is 28.7 Å². The van der Waals surface area contributed by atoms with Crippen molar-refractivity contribution in [2.24, 2.45) is 5.92 Å². The second-order valence-electron chi connectivity index (χ2n) is 5.07. The highest BCUT2D eigenvalue weighted by atomic mass is 79.9. The molecule has 0 spiro atoms. The van der Waals surface area contributed by atoms with E-state index in [0.717, 1.165) is 10.0 Å². The maximum atomic E-state index is 11.6. The van der Waals surface area contributed by atoms with Crippen LogP contribution in [-0.4, -0.2) is 36.0 Å². The van der Waals surface area contributed by atoms with Crippen LogP contribution < -0.4 is 5.32 Å². The third-order valence-electron chi connectivity index (χ3n) is 3.07. The maximum Gasteiger partial charge on any atom is 0.410 e. The third kappa shape index (κ3) is 7.45. The van der Waals surface area contributed by atoms with Crippen LogP contribution >= 0.6 is 15.9 Å². The summed E-state index contributed by atoms with van der Waals surface area (Å²) in [5.74, 6) is -2.32. The molecule has 0 fully saturated rings. The number of rotatable bonds is 8. The van der Waals surface area contributed by atoms with E-state index < -0.39 is 30.2 Å². The van der Waals surface area contributed by atoms with Crippen LogP contribution in [0.3, 0.4) is 0 Å². The minimum absolute atomic E-state index is 0.102. The molecule has 0 aliphatic heterocycles. The lowest BCUT2D eigenvalue weighted by molar-refractivity contribution is -0.164. The minimum atomic E-state index is -1.04. The fourth-order valence-corrected chi connectivity index (χ4v) is 2.33. The summed E-state index contributed by atoms with van der Waals surface area (Å²) in [6, 6.07) is 7.28. The summed E-state index contributed by atoms with van der Waals surface area (Å²) >= 11 is 3.33. The van der Waals surface area contributed by atoms with Crippen molar-refractivity contribution in [3.05, 3.63) is 34.3 Å². The van der Waals surface area contributed by atoms with Crippen molar-refractivity contribution in [1.82, 2.24) is 5.32 Å². The Kier molecular flexibility index (Phi) is 8.25. The molecule has 1 rings (SSSR count). The van der Waals surface area contributed by atoms with Crippen molar-refractivity contribution in [2.45, 2.75) is 33.0 Å². The van der Waals surface area contributed by atoms with Gasteiger partial charge in [-0.25, -0.2) is 4.79 Å². The van der Waals surface area contributed by atoms with Crippen LogP contribution in [-0.2, 0) is 25.5 Å². The first-order chi connectivity index (χ1) is 11.3. The number of hydrogen-bond donors (Lipinski definition) is 2. The van der Waals surface area contributed by atoms with Gasteiger partial charge in [-0.15, -0.1) is 0 Å². The number of alkyl carbamates (subject to hydrolysis) is 1. The number of halogens is 1. The first kappa shape index (κ1) is 20.0. The summed E-state index contributed by atoms with van der Waals surface area (Å²) in [5.41, 5.74) is 0.831. The molecule has 1 aromatic rings. The Bertz CT molecular complexity index is 592. The molecule has 8 heteroatoms. The van der Waals surface area contributed by atoms with Gasteiger partial charge in [-0.2, -0.15) is 0 Å². The standard InChI is InChI=1S/C16H20BrNO6/c1-3-14(19)23-10(2)24-16(22)18-9-12(15(20)21)7-11-5-4-6-13(17)8-11/h4-6,8,10,12H,3,7,9H2,1-2H3,(H,18,22)(H,20,21)/t10-,12-/m0/s1. The Morgan fingerprint density at radius 1 is 1.29 bits per heavy atom. The summed E-state index contributed by atoms with van der Waals surface area (Å²) in [4.78, 5) is 34.0. The first-order valence-corrected chi connectivity index (χ1v) is 8.22. The molecule has 0 radical (unpaired) electrons.